The number of carbonyl (C=O) groups excluding carboxylic acids is 1. The summed E-state index contributed by atoms with van der Waals surface area (Å²) in [6.07, 6.45) is 1.72. The van der Waals surface area contributed by atoms with E-state index in [0.717, 1.165) is 36.2 Å². The average molecular weight is 308 g/mol. The van der Waals surface area contributed by atoms with Gasteiger partial charge in [0.1, 0.15) is 4.99 Å². The standard InChI is InChI=1S/C14H20N4O2S/c1-8-9(2)16-17-13(11(8)12(15)21)18-6-4-5-10(7-18)14(19)20-3/h10H,4-7H2,1-3H3,(H2,15,21). The fourth-order valence-electron chi connectivity index (χ4n) is 2.64. The fraction of sp³-hybridized carbons (Fsp3) is 0.571. The molecule has 1 fully saturated rings. The lowest BCUT2D eigenvalue weighted by Crippen LogP contribution is -2.41. The van der Waals surface area contributed by atoms with Crippen LogP contribution in [-0.4, -0.2) is 41.4 Å². The van der Waals surface area contributed by atoms with Crippen LogP contribution in [0.2, 0.25) is 0 Å². The maximum atomic E-state index is 11.7. The predicted molar refractivity (Wildman–Crippen MR) is 84.3 cm³/mol. The minimum Gasteiger partial charge on any atom is -0.469 e. The maximum absolute atomic E-state index is 11.7. The van der Waals surface area contributed by atoms with Crippen molar-refractivity contribution >= 4 is 29.0 Å². The molecule has 0 aromatic carbocycles. The number of thiocarbonyl (C=S) groups is 1. The van der Waals surface area contributed by atoms with Gasteiger partial charge in [0.05, 0.1) is 24.3 Å². The summed E-state index contributed by atoms with van der Waals surface area (Å²) in [6.45, 7) is 5.17. The third-order valence-electron chi connectivity index (χ3n) is 3.94. The van der Waals surface area contributed by atoms with Crippen LogP contribution in [-0.2, 0) is 9.53 Å². The van der Waals surface area contributed by atoms with E-state index in [-0.39, 0.29) is 11.9 Å². The summed E-state index contributed by atoms with van der Waals surface area (Å²) in [5.41, 5.74) is 8.36. The van der Waals surface area contributed by atoms with Crippen LogP contribution in [0.15, 0.2) is 0 Å². The molecule has 0 saturated carbocycles. The highest BCUT2D eigenvalue weighted by atomic mass is 32.1. The van der Waals surface area contributed by atoms with Gasteiger partial charge in [-0.1, -0.05) is 12.2 Å². The second-order valence-corrected chi connectivity index (χ2v) is 5.72. The number of nitrogens with zero attached hydrogens (tertiary/aromatic N) is 3. The van der Waals surface area contributed by atoms with Crippen LogP contribution in [0.25, 0.3) is 0 Å². The van der Waals surface area contributed by atoms with E-state index in [1.165, 1.54) is 7.11 Å². The molecule has 0 aliphatic carbocycles. The molecule has 2 rings (SSSR count). The Hall–Kier alpha value is -1.76. The number of ether oxygens (including phenoxy) is 1. The number of piperidine rings is 1. The first-order chi connectivity index (χ1) is 9.95. The van der Waals surface area contributed by atoms with E-state index in [1.54, 1.807) is 0 Å². The Bertz CT molecular complexity index is 576. The van der Waals surface area contributed by atoms with Gasteiger partial charge in [0.25, 0.3) is 0 Å². The normalized spacial score (nSPS) is 18.4. The number of aryl methyl sites for hydroxylation is 1. The zero-order valence-corrected chi connectivity index (χ0v) is 13.4. The van der Waals surface area contributed by atoms with Crippen molar-refractivity contribution in [2.45, 2.75) is 26.7 Å². The van der Waals surface area contributed by atoms with Crippen LogP contribution in [0.5, 0.6) is 0 Å². The van der Waals surface area contributed by atoms with Crippen molar-refractivity contribution in [3.8, 4) is 0 Å². The number of esters is 1. The number of rotatable bonds is 3. The van der Waals surface area contributed by atoms with E-state index in [2.05, 4.69) is 10.2 Å². The third kappa shape index (κ3) is 3.12. The van der Waals surface area contributed by atoms with Crippen LogP contribution in [0.1, 0.15) is 29.7 Å². The smallest absolute Gasteiger partial charge is 0.310 e. The Kier molecular flexibility index (Phi) is 4.72. The number of hydrogen-bond donors (Lipinski definition) is 1. The number of methoxy groups -OCH3 is 1. The molecule has 7 heteroatoms. The molecule has 0 bridgehead atoms. The maximum Gasteiger partial charge on any atom is 0.310 e. The predicted octanol–water partition coefficient (Wildman–Crippen LogP) is 1.12. The van der Waals surface area contributed by atoms with Crippen LogP contribution in [0.4, 0.5) is 5.82 Å². The van der Waals surface area contributed by atoms with E-state index in [1.807, 2.05) is 18.7 Å². The molecule has 0 spiro atoms. The van der Waals surface area contributed by atoms with Gasteiger partial charge in [-0.15, -0.1) is 5.10 Å². The van der Waals surface area contributed by atoms with Gasteiger partial charge in [-0.25, -0.2) is 0 Å². The molecule has 1 aliphatic rings. The molecular formula is C14H20N4O2S. The summed E-state index contributed by atoms with van der Waals surface area (Å²) >= 11 is 5.16. The minimum atomic E-state index is -0.187. The van der Waals surface area contributed by atoms with E-state index in [0.29, 0.717) is 17.4 Å². The zero-order chi connectivity index (χ0) is 15.6. The second kappa shape index (κ2) is 6.34. The van der Waals surface area contributed by atoms with E-state index < -0.39 is 0 Å². The molecule has 2 N–H and O–H groups in total. The molecule has 1 aliphatic heterocycles. The van der Waals surface area contributed by atoms with Crippen LogP contribution < -0.4 is 10.6 Å². The van der Waals surface area contributed by atoms with Gasteiger partial charge in [0.2, 0.25) is 0 Å². The van der Waals surface area contributed by atoms with Gasteiger partial charge < -0.3 is 15.4 Å². The summed E-state index contributed by atoms with van der Waals surface area (Å²) in [7, 11) is 1.41. The largest absolute Gasteiger partial charge is 0.469 e. The summed E-state index contributed by atoms with van der Waals surface area (Å²) in [4.78, 5) is 14.1. The summed E-state index contributed by atoms with van der Waals surface area (Å²) in [6, 6.07) is 0. The Morgan fingerprint density at radius 2 is 2.14 bits per heavy atom. The molecule has 6 nitrogen and oxygen atoms in total. The molecule has 1 aromatic heterocycles. The van der Waals surface area contributed by atoms with Crippen LogP contribution in [0, 0.1) is 19.8 Å². The lowest BCUT2D eigenvalue weighted by molar-refractivity contribution is -0.145. The highest BCUT2D eigenvalue weighted by Gasteiger charge is 2.29. The molecule has 1 unspecified atom stereocenters. The first-order valence-corrected chi connectivity index (χ1v) is 7.33. The number of aromatic nitrogens is 2. The van der Waals surface area contributed by atoms with Gasteiger partial charge in [-0.05, 0) is 32.3 Å². The SMILES string of the molecule is COC(=O)C1CCCN(c2nnc(C)c(C)c2C(N)=S)C1. The lowest BCUT2D eigenvalue weighted by Gasteiger charge is -2.33. The molecule has 0 radical (unpaired) electrons. The Labute approximate surface area is 129 Å². The monoisotopic (exact) mass is 308 g/mol. The average Bonchev–Trinajstić information content (AvgIpc) is 2.48. The van der Waals surface area contributed by atoms with E-state index in [4.69, 9.17) is 22.7 Å². The molecule has 0 amide bonds. The van der Waals surface area contributed by atoms with Crippen LogP contribution >= 0.6 is 12.2 Å². The summed E-state index contributed by atoms with van der Waals surface area (Å²) in [5, 5.41) is 8.42. The highest BCUT2D eigenvalue weighted by molar-refractivity contribution is 7.80. The van der Waals surface area contributed by atoms with Crippen molar-refractivity contribution in [2.24, 2.45) is 11.7 Å². The zero-order valence-electron chi connectivity index (χ0n) is 12.5. The number of nitrogens with two attached hydrogens (primary N) is 1. The van der Waals surface area contributed by atoms with Crippen molar-refractivity contribution in [2.75, 3.05) is 25.1 Å². The Morgan fingerprint density at radius 1 is 1.43 bits per heavy atom. The van der Waals surface area contributed by atoms with Crippen molar-refractivity contribution in [1.82, 2.24) is 10.2 Å². The quantitative estimate of drug-likeness (QED) is 0.662. The number of carbonyl (C=O) groups is 1. The first-order valence-electron chi connectivity index (χ1n) is 6.92. The fourth-order valence-corrected chi connectivity index (χ4v) is 2.89. The molecule has 1 saturated heterocycles. The van der Waals surface area contributed by atoms with Crippen molar-refractivity contribution in [1.29, 1.82) is 0 Å². The molecule has 21 heavy (non-hydrogen) atoms. The second-order valence-electron chi connectivity index (χ2n) is 5.28. The van der Waals surface area contributed by atoms with Crippen LogP contribution in [0.3, 0.4) is 0 Å². The van der Waals surface area contributed by atoms with Crippen molar-refractivity contribution < 1.29 is 9.53 Å². The van der Waals surface area contributed by atoms with E-state index in [9.17, 15) is 4.79 Å². The molecular weight excluding hydrogens is 288 g/mol. The summed E-state index contributed by atoms with van der Waals surface area (Å²) < 4.78 is 4.84. The molecule has 1 aromatic rings. The highest BCUT2D eigenvalue weighted by Crippen LogP contribution is 2.27. The topological polar surface area (TPSA) is 81.3 Å². The first kappa shape index (κ1) is 15.6. The molecule has 114 valence electrons. The molecule has 1 atom stereocenters. The van der Waals surface area contributed by atoms with E-state index >= 15 is 0 Å². The lowest BCUT2D eigenvalue weighted by atomic mass is 9.97. The van der Waals surface area contributed by atoms with Crippen molar-refractivity contribution in [3.63, 3.8) is 0 Å². The number of hydrogen-bond acceptors (Lipinski definition) is 6. The van der Waals surface area contributed by atoms with Gasteiger partial charge in [-0.2, -0.15) is 5.10 Å². The minimum absolute atomic E-state index is 0.147. The summed E-state index contributed by atoms with van der Waals surface area (Å²) in [5.74, 6) is 0.332. The number of anilines is 1. The molecule has 2 heterocycles. The Morgan fingerprint density at radius 3 is 2.76 bits per heavy atom. The van der Waals surface area contributed by atoms with Crippen molar-refractivity contribution in [3.05, 3.63) is 16.8 Å². The van der Waals surface area contributed by atoms with Gasteiger partial charge in [-0.3, -0.25) is 4.79 Å². The third-order valence-corrected chi connectivity index (χ3v) is 4.14. The van der Waals surface area contributed by atoms with Gasteiger partial charge in [0, 0.05) is 13.1 Å². The Balaban J connectivity index is 2.35. The van der Waals surface area contributed by atoms with Gasteiger partial charge >= 0.3 is 5.97 Å². The van der Waals surface area contributed by atoms with Gasteiger partial charge in [0.15, 0.2) is 5.82 Å².